The van der Waals surface area contributed by atoms with Gasteiger partial charge in [-0.15, -0.1) is 0 Å². The Morgan fingerprint density at radius 3 is 1.97 bits per heavy atom. The number of rotatable bonds is 7. The Labute approximate surface area is 210 Å². The fraction of sp³-hybridized carbons (Fsp3) is 0.107. The first-order chi connectivity index (χ1) is 16.7. The molecule has 0 radical (unpaired) electrons. The molecule has 0 fully saturated rings. The summed E-state index contributed by atoms with van der Waals surface area (Å²) < 4.78 is 28.9. The van der Waals surface area contributed by atoms with E-state index in [-0.39, 0.29) is 15.5 Å². The standard InChI is InChI=1S/C28H25ClN2O3S/c1-19-13-16-25(20(2)17-19)31-35(33,34)26-18-23(14-15-24(26)29)28(32)30-27(21-9-5-3-6-10-21)22-11-7-4-8-12-22/h3-18,27,31H,1-2H3,(H,30,32). The SMILES string of the molecule is Cc1ccc(NS(=O)(=O)c2cc(C(=O)NC(c3ccccc3)c3ccccc3)ccc2Cl)c(C)c1. The van der Waals surface area contributed by atoms with E-state index in [0.29, 0.717) is 5.69 Å². The molecule has 7 heteroatoms. The molecule has 0 bridgehead atoms. The summed E-state index contributed by atoms with van der Waals surface area (Å²) in [5.74, 6) is -0.415. The van der Waals surface area contributed by atoms with E-state index in [2.05, 4.69) is 10.0 Å². The van der Waals surface area contributed by atoms with Crippen LogP contribution < -0.4 is 10.0 Å². The Balaban J connectivity index is 1.65. The molecule has 0 spiro atoms. The van der Waals surface area contributed by atoms with Crippen molar-refractivity contribution in [2.75, 3.05) is 4.72 Å². The van der Waals surface area contributed by atoms with E-state index >= 15 is 0 Å². The molecule has 2 N–H and O–H groups in total. The first kappa shape index (κ1) is 24.5. The minimum absolute atomic E-state index is 0.0292. The van der Waals surface area contributed by atoms with Crippen LogP contribution in [0.5, 0.6) is 0 Å². The predicted octanol–water partition coefficient (Wildman–Crippen LogP) is 6.28. The molecule has 4 rings (SSSR count). The summed E-state index contributed by atoms with van der Waals surface area (Å²) in [7, 11) is -4.03. The lowest BCUT2D eigenvalue weighted by atomic mass is 9.98. The molecular formula is C28H25ClN2O3S. The number of aryl methyl sites for hydroxylation is 2. The monoisotopic (exact) mass is 504 g/mol. The molecule has 178 valence electrons. The molecule has 1 amide bonds. The average molecular weight is 505 g/mol. The van der Waals surface area contributed by atoms with Crippen molar-refractivity contribution < 1.29 is 13.2 Å². The fourth-order valence-corrected chi connectivity index (χ4v) is 5.50. The highest BCUT2D eigenvalue weighted by Crippen LogP contribution is 2.28. The topological polar surface area (TPSA) is 75.3 Å². The Bertz CT molecular complexity index is 1420. The summed E-state index contributed by atoms with van der Waals surface area (Å²) in [5.41, 5.74) is 4.26. The number of hydrogen-bond donors (Lipinski definition) is 2. The van der Waals surface area contributed by atoms with Gasteiger partial charge in [0, 0.05) is 5.56 Å². The summed E-state index contributed by atoms with van der Waals surface area (Å²) >= 11 is 6.26. The van der Waals surface area contributed by atoms with E-state index in [1.165, 1.54) is 18.2 Å². The maximum atomic E-state index is 13.3. The van der Waals surface area contributed by atoms with Crippen molar-refractivity contribution in [3.8, 4) is 0 Å². The Morgan fingerprint density at radius 2 is 1.40 bits per heavy atom. The second-order valence-electron chi connectivity index (χ2n) is 8.30. The van der Waals surface area contributed by atoms with Gasteiger partial charge in [0.25, 0.3) is 15.9 Å². The molecule has 35 heavy (non-hydrogen) atoms. The predicted molar refractivity (Wildman–Crippen MR) is 140 cm³/mol. The van der Waals surface area contributed by atoms with Crippen LogP contribution in [-0.4, -0.2) is 14.3 Å². The summed E-state index contributed by atoms with van der Waals surface area (Å²) in [6, 6.07) is 28.4. The molecule has 0 aliphatic carbocycles. The third-order valence-electron chi connectivity index (χ3n) is 5.65. The number of sulfonamides is 1. The molecule has 0 aliphatic heterocycles. The van der Waals surface area contributed by atoms with Gasteiger partial charge in [-0.05, 0) is 54.8 Å². The van der Waals surface area contributed by atoms with Crippen LogP contribution in [0.15, 0.2) is 102 Å². The van der Waals surface area contributed by atoms with Crippen molar-refractivity contribution in [2.24, 2.45) is 0 Å². The van der Waals surface area contributed by atoms with Crippen molar-refractivity contribution in [3.05, 3.63) is 130 Å². The van der Waals surface area contributed by atoms with E-state index in [4.69, 9.17) is 11.6 Å². The molecule has 0 saturated carbocycles. The third-order valence-corrected chi connectivity index (χ3v) is 7.50. The van der Waals surface area contributed by atoms with Gasteiger partial charge in [0.1, 0.15) is 4.90 Å². The van der Waals surface area contributed by atoms with Crippen molar-refractivity contribution in [1.29, 1.82) is 0 Å². The maximum Gasteiger partial charge on any atom is 0.263 e. The van der Waals surface area contributed by atoms with Gasteiger partial charge >= 0.3 is 0 Å². The zero-order valence-corrected chi connectivity index (χ0v) is 20.9. The summed E-state index contributed by atoms with van der Waals surface area (Å²) in [6.45, 7) is 3.76. The summed E-state index contributed by atoms with van der Waals surface area (Å²) in [6.07, 6.45) is 0. The molecular weight excluding hydrogens is 480 g/mol. The van der Waals surface area contributed by atoms with Crippen LogP contribution in [0, 0.1) is 13.8 Å². The summed E-state index contributed by atoms with van der Waals surface area (Å²) in [4.78, 5) is 13.1. The van der Waals surface area contributed by atoms with E-state index in [1.807, 2.05) is 86.6 Å². The normalized spacial score (nSPS) is 11.3. The van der Waals surface area contributed by atoms with Crippen molar-refractivity contribution in [2.45, 2.75) is 24.8 Å². The van der Waals surface area contributed by atoms with Crippen molar-refractivity contribution in [3.63, 3.8) is 0 Å². The van der Waals surface area contributed by atoms with Gasteiger partial charge in [0.2, 0.25) is 0 Å². The van der Waals surface area contributed by atoms with Gasteiger partial charge in [0.05, 0.1) is 16.8 Å². The van der Waals surface area contributed by atoms with Gasteiger partial charge in [-0.2, -0.15) is 0 Å². The number of hydrogen-bond acceptors (Lipinski definition) is 3. The molecule has 4 aromatic carbocycles. The van der Waals surface area contributed by atoms with Crippen LogP contribution in [0.4, 0.5) is 5.69 Å². The highest BCUT2D eigenvalue weighted by Gasteiger charge is 2.23. The number of benzene rings is 4. The van der Waals surface area contributed by atoms with Gasteiger partial charge in [0.15, 0.2) is 0 Å². The van der Waals surface area contributed by atoms with Crippen LogP contribution >= 0.6 is 11.6 Å². The number of anilines is 1. The lowest BCUT2D eigenvalue weighted by Gasteiger charge is -2.20. The first-order valence-corrected chi connectivity index (χ1v) is 12.9. The Kier molecular flexibility index (Phi) is 7.24. The second-order valence-corrected chi connectivity index (χ2v) is 10.4. The largest absolute Gasteiger partial charge is 0.341 e. The van der Waals surface area contributed by atoms with E-state index in [0.717, 1.165) is 22.3 Å². The number of nitrogens with one attached hydrogen (secondary N) is 2. The summed E-state index contributed by atoms with van der Waals surface area (Å²) in [5, 5.41) is 3.06. The second kappa shape index (κ2) is 10.3. The number of carbonyl (C=O) groups excluding carboxylic acids is 1. The maximum absolute atomic E-state index is 13.3. The zero-order valence-electron chi connectivity index (χ0n) is 19.3. The van der Waals surface area contributed by atoms with Crippen LogP contribution in [0.1, 0.15) is 38.7 Å². The molecule has 0 aliphatic rings. The van der Waals surface area contributed by atoms with Crippen LogP contribution in [-0.2, 0) is 10.0 Å². The molecule has 0 aromatic heterocycles. The van der Waals surface area contributed by atoms with Gasteiger partial charge in [-0.1, -0.05) is 90.0 Å². The zero-order chi connectivity index (χ0) is 25.0. The highest BCUT2D eigenvalue weighted by atomic mass is 35.5. The Morgan fingerprint density at radius 1 is 0.800 bits per heavy atom. The van der Waals surface area contributed by atoms with Gasteiger partial charge < -0.3 is 5.32 Å². The van der Waals surface area contributed by atoms with Gasteiger partial charge in [-0.25, -0.2) is 8.42 Å². The minimum Gasteiger partial charge on any atom is -0.341 e. The van der Waals surface area contributed by atoms with E-state index in [1.54, 1.807) is 6.07 Å². The highest BCUT2D eigenvalue weighted by molar-refractivity contribution is 7.92. The minimum atomic E-state index is -4.03. The molecule has 4 aromatic rings. The van der Waals surface area contributed by atoms with E-state index < -0.39 is 22.0 Å². The van der Waals surface area contributed by atoms with Crippen molar-refractivity contribution in [1.82, 2.24) is 5.32 Å². The van der Waals surface area contributed by atoms with Crippen LogP contribution in [0.2, 0.25) is 5.02 Å². The smallest absolute Gasteiger partial charge is 0.263 e. The number of halogens is 1. The molecule has 0 saturated heterocycles. The third kappa shape index (κ3) is 5.73. The molecule has 5 nitrogen and oxygen atoms in total. The first-order valence-electron chi connectivity index (χ1n) is 11.0. The Hall–Kier alpha value is -3.61. The molecule has 0 unspecified atom stereocenters. The number of amides is 1. The van der Waals surface area contributed by atoms with Crippen molar-refractivity contribution >= 4 is 33.2 Å². The average Bonchev–Trinajstić information content (AvgIpc) is 2.85. The lowest BCUT2D eigenvalue weighted by Crippen LogP contribution is -2.29. The molecule has 0 atom stereocenters. The van der Waals surface area contributed by atoms with Gasteiger partial charge in [-0.3, -0.25) is 9.52 Å². The lowest BCUT2D eigenvalue weighted by molar-refractivity contribution is 0.0942. The van der Waals surface area contributed by atoms with Crippen LogP contribution in [0.25, 0.3) is 0 Å². The molecule has 0 heterocycles. The van der Waals surface area contributed by atoms with E-state index in [9.17, 15) is 13.2 Å². The van der Waals surface area contributed by atoms with Crippen LogP contribution in [0.3, 0.4) is 0 Å². The fourth-order valence-electron chi connectivity index (χ4n) is 3.84. The number of carbonyl (C=O) groups is 1. The quantitative estimate of drug-likeness (QED) is 0.311.